The summed E-state index contributed by atoms with van der Waals surface area (Å²) in [5.41, 5.74) is 2.02. The van der Waals surface area contributed by atoms with Gasteiger partial charge in [0.2, 0.25) is 0 Å². The van der Waals surface area contributed by atoms with E-state index in [1.54, 1.807) is 18.5 Å². The third kappa shape index (κ3) is 2.57. The predicted octanol–water partition coefficient (Wildman–Crippen LogP) is 2.85. The van der Waals surface area contributed by atoms with E-state index in [0.717, 1.165) is 34.2 Å². The molecule has 0 aliphatic carbocycles. The number of aromatic amines is 1. The number of hydrogen-bond acceptors (Lipinski definition) is 5. The van der Waals surface area contributed by atoms with Crippen LogP contribution in [0, 0.1) is 11.3 Å². The summed E-state index contributed by atoms with van der Waals surface area (Å²) in [4.78, 5) is 14.1. The molecule has 6 nitrogen and oxygen atoms in total. The van der Waals surface area contributed by atoms with Crippen molar-refractivity contribution in [3.8, 4) is 11.8 Å². The minimum Gasteiger partial charge on any atom is -0.491 e. The predicted molar refractivity (Wildman–Crippen MR) is 91.9 cm³/mol. The molecule has 0 unspecified atom stereocenters. The summed E-state index contributed by atoms with van der Waals surface area (Å²) in [5.74, 6) is 0.806. The molecule has 1 N–H and O–H groups in total. The van der Waals surface area contributed by atoms with E-state index in [9.17, 15) is 0 Å². The van der Waals surface area contributed by atoms with Gasteiger partial charge >= 0.3 is 0 Å². The fourth-order valence-electron chi connectivity index (χ4n) is 3.41. The van der Waals surface area contributed by atoms with Gasteiger partial charge < -0.3 is 14.6 Å². The van der Waals surface area contributed by atoms with Gasteiger partial charge in [0.15, 0.2) is 0 Å². The Kier molecular flexibility index (Phi) is 3.79. The summed E-state index contributed by atoms with van der Waals surface area (Å²) >= 11 is 0. The molecule has 1 aliphatic rings. The summed E-state index contributed by atoms with van der Waals surface area (Å²) < 4.78 is 6.16. The Morgan fingerprint density at radius 3 is 3.17 bits per heavy atom. The lowest BCUT2D eigenvalue weighted by Crippen LogP contribution is -2.40. The zero-order valence-electron chi connectivity index (χ0n) is 13.6. The van der Waals surface area contributed by atoms with E-state index in [2.05, 4.69) is 33.0 Å². The second kappa shape index (κ2) is 6.10. The minimum atomic E-state index is 0.394. The van der Waals surface area contributed by atoms with Crippen molar-refractivity contribution in [2.24, 2.45) is 0 Å². The molecular formula is C18H19N5O. The van der Waals surface area contributed by atoms with E-state index in [1.165, 1.54) is 19.3 Å². The first-order valence-corrected chi connectivity index (χ1v) is 8.26. The molecule has 0 spiro atoms. The number of nitriles is 1. The van der Waals surface area contributed by atoms with Gasteiger partial charge in [-0.15, -0.1) is 0 Å². The molecule has 122 valence electrons. The lowest BCUT2D eigenvalue weighted by molar-refractivity contribution is 0.126. The molecule has 1 saturated heterocycles. The average molecular weight is 321 g/mol. The fourth-order valence-corrected chi connectivity index (χ4v) is 3.41. The van der Waals surface area contributed by atoms with Crippen LogP contribution < -0.4 is 4.74 Å². The monoisotopic (exact) mass is 321 g/mol. The molecule has 0 amide bonds. The zero-order chi connectivity index (χ0) is 16.5. The summed E-state index contributed by atoms with van der Waals surface area (Å²) in [6.07, 6.45) is 7.11. The molecule has 0 radical (unpaired) electrons. The second-order valence-electron chi connectivity index (χ2n) is 6.33. The van der Waals surface area contributed by atoms with Crippen molar-refractivity contribution in [2.45, 2.75) is 25.3 Å². The molecule has 1 atom stereocenters. The quantitative estimate of drug-likeness (QED) is 0.802. The molecule has 4 heterocycles. The summed E-state index contributed by atoms with van der Waals surface area (Å²) in [5, 5.41) is 11.0. The van der Waals surface area contributed by atoms with Crippen LogP contribution in [0.4, 0.5) is 0 Å². The molecule has 4 rings (SSSR count). The number of ether oxygens (including phenoxy) is 1. The van der Waals surface area contributed by atoms with Crippen LogP contribution in [0.15, 0.2) is 24.5 Å². The number of rotatable bonds is 3. The van der Waals surface area contributed by atoms with E-state index in [0.29, 0.717) is 18.3 Å². The van der Waals surface area contributed by atoms with Gasteiger partial charge in [-0.05, 0) is 38.6 Å². The van der Waals surface area contributed by atoms with Crippen molar-refractivity contribution < 1.29 is 4.74 Å². The van der Waals surface area contributed by atoms with Crippen LogP contribution in [-0.2, 0) is 0 Å². The lowest BCUT2D eigenvalue weighted by atomic mass is 10.0. The highest BCUT2D eigenvalue weighted by Crippen LogP contribution is 2.32. The van der Waals surface area contributed by atoms with Crippen LogP contribution in [0.5, 0.6) is 5.75 Å². The zero-order valence-corrected chi connectivity index (χ0v) is 13.6. The summed E-state index contributed by atoms with van der Waals surface area (Å²) in [7, 11) is 2.16. The fraction of sp³-hybridized carbons (Fsp3) is 0.389. The molecule has 1 fully saturated rings. The van der Waals surface area contributed by atoms with Crippen LogP contribution in [0.1, 0.15) is 25.0 Å². The van der Waals surface area contributed by atoms with Crippen LogP contribution in [0.25, 0.3) is 21.9 Å². The molecule has 0 saturated carbocycles. The van der Waals surface area contributed by atoms with Crippen LogP contribution >= 0.6 is 0 Å². The minimum absolute atomic E-state index is 0.394. The number of H-pyrrole nitrogens is 1. The van der Waals surface area contributed by atoms with Gasteiger partial charge in [-0.3, -0.25) is 0 Å². The van der Waals surface area contributed by atoms with E-state index in [-0.39, 0.29) is 0 Å². The van der Waals surface area contributed by atoms with Crippen molar-refractivity contribution in [3.63, 3.8) is 0 Å². The highest BCUT2D eigenvalue weighted by Gasteiger charge is 2.20. The van der Waals surface area contributed by atoms with E-state index in [1.807, 2.05) is 6.07 Å². The number of nitrogens with one attached hydrogen (secondary N) is 1. The Bertz CT molecular complexity index is 926. The average Bonchev–Trinajstić information content (AvgIpc) is 2.99. The van der Waals surface area contributed by atoms with E-state index >= 15 is 0 Å². The maximum absolute atomic E-state index is 9.10. The van der Waals surface area contributed by atoms with E-state index in [4.69, 9.17) is 10.00 Å². The van der Waals surface area contributed by atoms with Gasteiger partial charge in [0, 0.05) is 17.6 Å². The number of fused-ring (bicyclic) bond motifs is 3. The molecule has 24 heavy (non-hydrogen) atoms. The van der Waals surface area contributed by atoms with Crippen molar-refractivity contribution >= 4 is 21.9 Å². The number of likely N-dealkylation sites (N-methyl/N-ethyl adjacent to an activating group) is 1. The van der Waals surface area contributed by atoms with Crippen molar-refractivity contribution in [1.29, 1.82) is 5.26 Å². The Morgan fingerprint density at radius 1 is 1.42 bits per heavy atom. The van der Waals surface area contributed by atoms with Gasteiger partial charge in [-0.25, -0.2) is 9.97 Å². The third-order valence-electron chi connectivity index (χ3n) is 4.81. The molecule has 6 heteroatoms. The summed E-state index contributed by atoms with van der Waals surface area (Å²) in [6.45, 7) is 1.79. The van der Waals surface area contributed by atoms with Crippen molar-refractivity contribution in [3.05, 3.63) is 30.2 Å². The molecule has 3 aromatic heterocycles. The molecule has 3 aromatic rings. The number of pyridine rings is 2. The number of hydrogen-bond donors (Lipinski definition) is 1. The van der Waals surface area contributed by atoms with Crippen LogP contribution in [0.2, 0.25) is 0 Å². The van der Waals surface area contributed by atoms with E-state index < -0.39 is 0 Å². The molecule has 0 aromatic carbocycles. The standard InChI is InChI=1S/C18H19N5O/c1-23-7-3-2-4-13(23)11-24-16-5-6-20-18-17(16)14-8-12(9-19)21-10-15(14)22-18/h5-6,8,10,13H,2-4,7,11H2,1H3,(H,20,22)/t13-/m1/s1. The van der Waals surface area contributed by atoms with Crippen molar-refractivity contribution in [2.75, 3.05) is 20.2 Å². The number of aromatic nitrogens is 3. The third-order valence-corrected chi connectivity index (χ3v) is 4.81. The lowest BCUT2D eigenvalue weighted by Gasteiger charge is -2.32. The van der Waals surface area contributed by atoms with Gasteiger partial charge in [0.25, 0.3) is 0 Å². The maximum Gasteiger partial charge on any atom is 0.142 e. The van der Waals surface area contributed by atoms with Crippen LogP contribution in [0.3, 0.4) is 0 Å². The largest absolute Gasteiger partial charge is 0.491 e. The first-order chi connectivity index (χ1) is 11.8. The normalized spacial score (nSPS) is 18.8. The highest BCUT2D eigenvalue weighted by molar-refractivity contribution is 6.09. The Labute approximate surface area is 140 Å². The molecular weight excluding hydrogens is 302 g/mol. The molecule has 0 bridgehead atoms. The van der Waals surface area contributed by atoms with Gasteiger partial charge in [-0.1, -0.05) is 6.42 Å². The number of likely N-dealkylation sites (tertiary alicyclic amines) is 1. The van der Waals surface area contributed by atoms with Gasteiger partial charge in [0.05, 0.1) is 17.1 Å². The number of piperidine rings is 1. The topological polar surface area (TPSA) is 77.8 Å². The molecule has 1 aliphatic heterocycles. The second-order valence-corrected chi connectivity index (χ2v) is 6.33. The Morgan fingerprint density at radius 2 is 2.33 bits per heavy atom. The Hall–Kier alpha value is -2.65. The van der Waals surface area contributed by atoms with Gasteiger partial charge in [-0.2, -0.15) is 5.26 Å². The van der Waals surface area contributed by atoms with Crippen LogP contribution in [-0.4, -0.2) is 46.1 Å². The first kappa shape index (κ1) is 14.9. The Balaban J connectivity index is 1.71. The number of nitrogens with zero attached hydrogens (tertiary/aromatic N) is 4. The summed E-state index contributed by atoms with van der Waals surface area (Å²) in [6, 6.07) is 6.22. The smallest absolute Gasteiger partial charge is 0.142 e. The SMILES string of the molecule is CN1CCCC[C@@H]1COc1ccnc2[nH]c3cnc(C#N)cc3c12. The highest BCUT2D eigenvalue weighted by atomic mass is 16.5. The maximum atomic E-state index is 9.10. The van der Waals surface area contributed by atoms with Gasteiger partial charge in [0.1, 0.15) is 29.8 Å². The van der Waals surface area contributed by atoms with Crippen molar-refractivity contribution in [1.82, 2.24) is 19.9 Å². The first-order valence-electron chi connectivity index (χ1n) is 8.26.